The number of ether oxygens (including phenoxy) is 3. The quantitative estimate of drug-likeness (QED) is 0.616. The molecule has 0 atom stereocenters. The molecule has 0 saturated carbocycles. The highest BCUT2D eigenvalue weighted by molar-refractivity contribution is 5.94. The highest BCUT2D eigenvalue weighted by Gasteiger charge is 2.11. The van der Waals surface area contributed by atoms with Gasteiger partial charge in [-0.3, -0.25) is 4.79 Å². The van der Waals surface area contributed by atoms with Crippen LogP contribution in [-0.2, 0) is 13.2 Å². The van der Waals surface area contributed by atoms with Gasteiger partial charge < -0.3 is 19.5 Å². The number of carbonyl (C=O) groups is 1. The Morgan fingerprint density at radius 1 is 0.862 bits per heavy atom. The van der Waals surface area contributed by atoms with Crippen LogP contribution in [0.2, 0.25) is 0 Å². The third-order valence-corrected chi connectivity index (χ3v) is 4.33. The van der Waals surface area contributed by atoms with Crippen LogP contribution in [0.1, 0.15) is 21.5 Å². The largest absolute Gasteiger partial charge is 0.494 e. The Kier molecular flexibility index (Phi) is 6.68. The summed E-state index contributed by atoms with van der Waals surface area (Å²) >= 11 is 0. The van der Waals surface area contributed by atoms with E-state index in [1.807, 2.05) is 36.4 Å². The highest BCUT2D eigenvalue weighted by Crippen LogP contribution is 2.29. The molecule has 0 radical (unpaired) electrons. The number of rotatable bonds is 8. The van der Waals surface area contributed by atoms with Gasteiger partial charge in [-0.2, -0.15) is 0 Å². The number of methoxy groups -OCH3 is 2. The van der Waals surface area contributed by atoms with E-state index < -0.39 is 5.82 Å². The predicted octanol–water partition coefficient (Wildman–Crippen LogP) is 4.35. The topological polar surface area (TPSA) is 56.8 Å². The molecule has 3 aromatic rings. The van der Waals surface area contributed by atoms with Crippen molar-refractivity contribution in [1.82, 2.24) is 5.32 Å². The molecule has 5 nitrogen and oxygen atoms in total. The fourth-order valence-corrected chi connectivity index (χ4v) is 2.77. The van der Waals surface area contributed by atoms with Gasteiger partial charge in [0.2, 0.25) is 0 Å². The normalized spacial score (nSPS) is 10.3. The first-order valence-electron chi connectivity index (χ1n) is 9.06. The molecule has 0 aliphatic rings. The van der Waals surface area contributed by atoms with Crippen molar-refractivity contribution >= 4 is 5.91 Å². The molecule has 1 N–H and O–H groups in total. The second kappa shape index (κ2) is 9.59. The van der Waals surface area contributed by atoms with Crippen LogP contribution >= 0.6 is 0 Å². The molecule has 1 amide bonds. The van der Waals surface area contributed by atoms with E-state index in [-0.39, 0.29) is 23.8 Å². The van der Waals surface area contributed by atoms with Gasteiger partial charge >= 0.3 is 0 Å². The Morgan fingerprint density at radius 2 is 1.59 bits per heavy atom. The van der Waals surface area contributed by atoms with Crippen molar-refractivity contribution in [3.63, 3.8) is 0 Å². The Balaban J connectivity index is 1.62. The minimum absolute atomic E-state index is 0.0948. The lowest BCUT2D eigenvalue weighted by Gasteiger charge is -2.13. The molecule has 0 heterocycles. The molecule has 29 heavy (non-hydrogen) atoms. The molecular weight excluding hydrogens is 373 g/mol. The molecule has 3 rings (SSSR count). The number of hydrogen-bond acceptors (Lipinski definition) is 4. The van der Waals surface area contributed by atoms with Crippen LogP contribution in [0.4, 0.5) is 4.39 Å². The lowest BCUT2D eigenvalue weighted by atomic mass is 10.1. The highest BCUT2D eigenvalue weighted by atomic mass is 19.1. The van der Waals surface area contributed by atoms with Gasteiger partial charge in [0.15, 0.2) is 23.1 Å². The predicted molar refractivity (Wildman–Crippen MR) is 108 cm³/mol. The van der Waals surface area contributed by atoms with E-state index in [1.54, 1.807) is 19.2 Å². The van der Waals surface area contributed by atoms with E-state index >= 15 is 0 Å². The van der Waals surface area contributed by atoms with E-state index in [0.29, 0.717) is 18.1 Å². The fourth-order valence-electron chi connectivity index (χ4n) is 2.77. The molecule has 0 aromatic heterocycles. The number of nitrogens with one attached hydrogen (secondary N) is 1. The van der Waals surface area contributed by atoms with Crippen molar-refractivity contribution < 1.29 is 23.4 Å². The number of halogens is 1. The van der Waals surface area contributed by atoms with Crippen LogP contribution in [0, 0.1) is 5.82 Å². The summed E-state index contributed by atoms with van der Waals surface area (Å²) in [7, 11) is 2.94. The Bertz CT molecular complexity index is 976. The zero-order chi connectivity index (χ0) is 20.6. The molecule has 0 spiro atoms. The van der Waals surface area contributed by atoms with Crippen molar-refractivity contribution in [3.05, 3.63) is 89.2 Å². The number of benzene rings is 3. The molecule has 0 fully saturated rings. The number of carbonyl (C=O) groups excluding carboxylic acids is 1. The molecule has 0 bridgehead atoms. The van der Waals surface area contributed by atoms with Crippen LogP contribution in [0.25, 0.3) is 0 Å². The molecule has 150 valence electrons. The minimum Gasteiger partial charge on any atom is -0.494 e. The average Bonchev–Trinajstić information content (AvgIpc) is 2.76. The maximum atomic E-state index is 13.8. The zero-order valence-corrected chi connectivity index (χ0v) is 16.3. The molecule has 0 saturated heterocycles. The van der Waals surface area contributed by atoms with Gasteiger partial charge in [0.05, 0.1) is 14.2 Å². The average molecular weight is 395 g/mol. The van der Waals surface area contributed by atoms with Crippen LogP contribution in [0.3, 0.4) is 0 Å². The van der Waals surface area contributed by atoms with Gasteiger partial charge in [0.1, 0.15) is 6.61 Å². The van der Waals surface area contributed by atoms with Crippen molar-refractivity contribution in [2.45, 2.75) is 13.2 Å². The molecular formula is C23H22FNO4. The maximum absolute atomic E-state index is 13.8. The third-order valence-electron chi connectivity index (χ3n) is 4.33. The van der Waals surface area contributed by atoms with Crippen LogP contribution in [0.5, 0.6) is 17.2 Å². The third kappa shape index (κ3) is 5.25. The second-order valence-corrected chi connectivity index (χ2v) is 6.29. The first-order chi connectivity index (χ1) is 14.1. The van der Waals surface area contributed by atoms with Crippen LogP contribution in [0.15, 0.2) is 66.7 Å². The summed E-state index contributed by atoms with van der Waals surface area (Å²) in [5, 5.41) is 2.77. The summed E-state index contributed by atoms with van der Waals surface area (Å²) in [6.45, 7) is 0.693. The van der Waals surface area contributed by atoms with Gasteiger partial charge in [-0.25, -0.2) is 4.39 Å². The molecule has 0 aliphatic carbocycles. The van der Waals surface area contributed by atoms with E-state index in [2.05, 4.69) is 5.32 Å². The van der Waals surface area contributed by atoms with Crippen molar-refractivity contribution in [2.24, 2.45) is 0 Å². The van der Waals surface area contributed by atoms with Gasteiger partial charge in [-0.05, 0) is 41.5 Å². The van der Waals surface area contributed by atoms with Crippen LogP contribution in [-0.4, -0.2) is 20.1 Å². The monoisotopic (exact) mass is 395 g/mol. The Labute approximate surface area is 169 Å². The SMILES string of the molecule is COc1ccc(C(=O)NCc2ccc(OCc3ccccc3)c(OC)c2)cc1F. The van der Waals surface area contributed by atoms with Crippen molar-refractivity contribution in [2.75, 3.05) is 14.2 Å². The number of hydrogen-bond donors (Lipinski definition) is 1. The molecule has 0 aliphatic heterocycles. The number of amides is 1. The van der Waals surface area contributed by atoms with E-state index in [9.17, 15) is 9.18 Å². The molecule has 6 heteroatoms. The van der Waals surface area contributed by atoms with E-state index in [4.69, 9.17) is 14.2 Å². The summed E-state index contributed by atoms with van der Waals surface area (Å²) in [6.07, 6.45) is 0. The van der Waals surface area contributed by atoms with Crippen LogP contribution < -0.4 is 19.5 Å². The lowest BCUT2D eigenvalue weighted by molar-refractivity contribution is 0.0950. The van der Waals surface area contributed by atoms with Crippen molar-refractivity contribution in [1.29, 1.82) is 0 Å². The maximum Gasteiger partial charge on any atom is 0.251 e. The van der Waals surface area contributed by atoms with Gasteiger partial charge in [0.25, 0.3) is 5.91 Å². The summed E-state index contributed by atoms with van der Waals surface area (Å²) < 4.78 is 29.9. The molecule has 0 unspecified atom stereocenters. The summed E-state index contributed by atoms with van der Waals surface area (Å²) in [5.41, 5.74) is 2.10. The van der Waals surface area contributed by atoms with E-state index in [1.165, 1.54) is 19.2 Å². The van der Waals surface area contributed by atoms with Gasteiger partial charge in [0, 0.05) is 12.1 Å². The summed E-state index contributed by atoms with van der Waals surface area (Å²) in [4.78, 5) is 12.3. The Morgan fingerprint density at radius 3 is 2.28 bits per heavy atom. The zero-order valence-electron chi connectivity index (χ0n) is 16.3. The van der Waals surface area contributed by atoms with Gasteiger partial charge in [-0.1, -0.05) is 36.4 Å². The minimum atomic E-state index is -0.582. The summed E-state index contributed by atoms with van der Waals surface area (Å²) in [6, 6.07) is 19.4. The smallest absolute Gasteiger partial charge is 0.251 e. The lowest BCUT2D eigenvalue weighted by Crippen LogP contribution is -2.23. The van der Waals surface area contributed by atoms with E-state index in [0.717, 1.165) is 17.2 Å². The standard InChI is InChI=1S/C23H22FNO4/c1-27-20-11-9-18(13-19(20)24)23(26)25-14-17-8-10-21(22(12-17)28-2)29-15-16-6-4-3-5-7-16/h3-13H,14-15H2,1-2H3,(H,25,26). The Hall–Kier alpha value is -3.54. The fraction of sp³-hybridized carbons (Fsp3) is 0.174. The second-order valence-electron chi connectivity index (χ2n) is 6.29. The molecule has 3 aromatic carbocycles. The summed E-state index contributed by atoms with van der Waals surface area (Å²) in [5.74, 6) is 0.320. The van der Waals surface area contributed by atoms with Gasteiger partial charge in [-0.15, -0.1) is 0 Å². The first kappa shape index (κ1) is 20.2. The first-order valence-corrected chi connectivity index (χ1v) is 9.06. The van der Waals surface area contributed by atoms with Crippen molar-refractivity contribution in [3.8, 4) is 17.2 Å².